The zero-order valence-electron chi connectivity index (χ0n) is 16.9. The summed E-state index contributed by atoms with van der Waals surface area (Å²) in [6, 6.07) is 16.5. The Labute approximate surface area is 171 Å². The molecule has 3 rings (SSSR count). The van der Waals surface area contributed by atoms with Crippen molar-refractivity contribution in [1.82, 2.24) is 0 Å². The van der Waals surface area contributed by atoms with E-state index < -0.39 is 17.4 Å². The second-order valence-electron chi connectivity index (χ2n) is 7.48. The van der Waals surface area contributed by atoms with Gasteiger partial charge in [0.2, 0.25) is 0 Å². The topological polar surface area (TPSA) is 52.6 Å². The van der Waals surface area contributed by atoms with Crippen molar-refractivity contribution in [3.05, 3.63) is 85.0 Å². The molecule has 2 aromatic carbocycles. The normalized spacial score (nSPS) is 15.4. The zero-order chi connectivity index (χ0) is 21.0. The van der Waals surface area contributed by atoms with Gasteiger partial charge in [0.25, 0.3) is 0 Å². The minimum absolute atomic E-state index is 0.345. The van der Waals surface area contributed by atoms with Crippen molar-refractivity contribution in [3.63, 3.8) is 0 Å². The van der Waals surface area contributed by atoms with Crippen LogP contribution in [-0.2, 0) is 24.5 Å². The molecular weight excluding hydrogens is 364 g/mol. The number of hydrogen-bond donors (Lipinski definition) is 0. The average Bonchev–Trinajstić information content (AvgIpc) is 2.98. The largest absolute Gasteiger partial charge is 0.459 e. The molecule has 2 aromatic rings. The SMILES string of the molecule is C=CC(=O)OC(C)CC1(CC(C)OC(=O)C=C)c2ccccc2-c2ccccc21. The van der Waals surface area contributed by atoms with Gasteiger partial charge in [-0.25, -0.2) is 9.59 Å². The molecule has 0 N–H and O–H groups in total. The summed E-state index contributed by atoms with van der Waals surface area (Å²) in [5.41, 5.74) is 4.18. The first-order chi connectivity index (χ1) is 13.9. The Morgan fingerprint density at radius 3 is 1.59 bits per heavy atom. The molecule has 0 fully saturated rings. The van der Waals surface area contributed by atoms with Crippen LogP contribution in [0.5, 0.6) is 0 Å². The second-order valence-corrected chi connectivity index (χ2v) is 7.48. The molecule has 1 aliphatic carbocycles. The Kier molecular flexibility index (Phi) is 6.02. The van der Waals surface area contributed by atoms with Gasteiger partial charge in [0, 0.05) is 17.6 Å². The van der Waals surface area contributed by atoms with E-state index in [1.165, 1.54) is 12.2 Å². The van der Waals surface area contributed by atoms with Crippen molar-refractivity contribution in [1.29, 1.82) is 0 Å². The maximum absolute atomic E-state index is 11.8. The van der Waals surface area contributed by atoms with Crippen LogP contribution >= 0.6 is 0 Å². The first kappa shape index (κ1) is 20.6. The fourth-order valence-corrected chi connectivity index (χ4v) is 4.50. The van der Waals surface area contributed by atoms with Gasteiger partial charge >= 0.3 is 11.9 Å². The third-order valence-corrected chi connectivity index (χ3v) is 5.42. The molecule has 0 saturated heterocycles. The monoisotopic (exact) mass is 390 g/mol. The Morgan fingerprint density at radius 1 is 0.828 bits per heavy atom. The molecule has 0 spiro atoms. The zero-order valence-corrected chi connectivity index (χ0v) is 16.9. The molecule has 0 heterocycles. The number of hydrogen-bond acceptors (Lipinski definition) is 4. The van der Waals surface area contributed by atoms with Gasteiger partial charge in [-0.2, -0.15) is 0 Å². The number of esters is 2. The van der Waals surface area contributed by atoms with Crippen molar-refractivity contribution in [2.45, 2.75) is 44.3 Å². The molecule has 0 aliphatic heterocycles. The lowest BCUT2D eigenvalue weighted by Gasteiger charge is -2.36. The third-order valence-electron chi connectivity index (χ3n) is 5.42. The van der Waals surface area contributed by atoms with Gasteiger partial charge in [-0.05, 0) is 48.9 Å². The van der Waals surface area contributed by atoms with Crippen molar-refractivity contribution in [2.24, 2.45) is 0 Å². The maximum Gasteiger partial charge on any atom is 0.330 e. The number of ether oxygens (including phenoxy) is 2. The highest BCUT2D eigenvalue weighted by Crippen LogP contribution is 2.53. The third kappa shape index (κ3) is 4.02. The maximum atomic E-state index is 11.8. The van der Waals surface area contributed by atoms with Crippen LogP contribution in [0.3, 0.4) is 0 Å². The van der Waals surface area contributed by atoms with Crippen LogP contribution < -0.4 is 0 Å². The quantitative estimate of drug-likeness (QED) is 0.472. The predicted molar refractivity (Wildman–Crippen MR) is 113 cm³/mol. The highest BCUT2D eigenvalue weighted by atomic mass is 16.5. The molecule has 0 aromatic heterocycles. The summed E-state index contributed by atoms with van der Waals surface area (Å²) in [6.07, 6.45) is 2.79. The molecule has 0 amide bonds. The van der Waals surface area contributed by atoms with Gasteiger partial charge in [-0.3, -0.25) is 0 Å². The highest BCUT2D eigenvalue weighted by molar-refractivity contribution is 5.83. The molecule has 2 atom stereocenters. The van der Waals surface area contributed by atoms with Gasteiger partial charge < -0.3 is 9.47 Å². The van der Waals surface area contributed by atoms with E-state index in [0.717, 1.165) is 22.3 Å². The summed E-state index contributed by atoms with van der Waals surface area (Å²) in [4.78, 5) is 23.6. The summed E-state index contributed by atoms with van der Waals surface area (Å²) in [6.45, 7) is 10.7. The van der Waals surface area contributed by atoms with E-state index in [0.29, 0.717) is 12.8 Å². The van der Waals surface area contributed by atoms with Crippen LogP contribution in [0.15, 0.2) is 73.8 Å². The Hall–Kier alpha value is -3.14. The molecular formula is C25H26O4. The lowest BCUT2D eigenvalue weighted by molar-refractivity contribution is -0.143. The molecule has 0 radical (unpaired) electrons. The lowest BCUT2D eigenvalue weighted by atomic mass is 9.70. The van der Waals surface area contributed by atoms with Crippen molar-refractivity contribution >= 4 is 11.9 Å². The van der Waals surface area contributed by atoms with Gasteiger partial charge in [-0.15, -0.1) is 0 Å². The lowest BCUT2D eigenvalue weighted by Crippen LogP contribution is -2.35. The van der Waals surface area contributed by atoms with E-state index in [2.05, 4.69) is 37.4 Å². The molecule has 2 unspecified atom stereocenters. The van der Waals surface area contributed by atoms with Crippen LogP contribution in [-0.4, -0.2) is 24.1 Å². The van der Waals surface area contributed by atoms with E-state index in [9.17, 15) is 9.59 Å². The summed E-state index contributed by atoms with van der Waals surface area (Å²) in [5.74, 6) is -0.892. The second kappa shape index (κ2) is 8.48. The van der Waals surface area contributed by atoms with Crippen LogP contribution in [0, 0.1) is 0 Å². The molecule has 29 heavy (non-hydrogen) atoms. The van der Waals surface area contributed by atoms with Crippen LogP contribution in [0.1, 0.15) is 37.8 Å². The molecule has 0 bridgehead atoms. The Balaban J connectivity index is 2.08. The van der Waals surface area contributed by atoms with Crippen LogP contribution in [0.4, 0.5) is 0 Å². The van der Waals surface area contributed by atoms with E-state index >= 15 is 0 Å². The summed E-state index contributed by atoms with van der Waals surface area (Å²) < 4.78 is 11.0. The fraction of sp³-hybridized carbons (Fsp3) is 0.280. The minimum Gasteiger partial charge on any atom is -0.459 e. The number of benzene rings is 2. The molecule has 150 valence electrons. The van der Waals surface area contributed by atoms with Crippen molar-refractivity contribution < 1.29 is 19.1 Å². The average molecular weight is 390 g/mol. The van der Waals surface area contributed by atoms with Crippen molar-refractivity contribution in [3.8, 4) is 11.1 Å². The minimum atomic E-state index is -0.449. The van der Waals surface area contributed by atoms with Crippen molar-refractivity contribution in [2.75, 3.05) is 0 Å². The standard InChI is InChI=1S/C25H26O4/c1-5-23(26)28-17(3)15-25(16-18(4)29-24(27)6-2)21-13-9-7-11-19(21)20-12-8-10-14-22(20)25/h5-14,17-18H,1-2,15-16H2,3-4H3. The van der Waals surface area contributed by atoms with Gasteiger partial charge in [0.05, 0.1) is 0 Å². The number of carbonyl (C=O) groups is 2. The van der Waals surface area contributed by atoms with E-state index in [-0.39, 0.29) is 12.2 Å². The first-order valence-electron chi connectivity index (χ1n) is 9.76. The molecule has 1 aliphatic rings. The first-order valence-corrected chi connectivity index (χ1v) is 9.76. The Bertz CT molecular complexity index is 866. The smallest absolute Gasteiger partial charge is 0.330 e. The van der Waals surface area contributed by atoms with Gasteiger partial charge in [0.15, 0.2) is 0 Å². The van der Waals surface area contributed by atoms with E-state index in [1.807, 2.05) is 38.1 Å². The Morgan fingerprint density at radius 2 is 1.21 bits per heavy atom. The number of carbonyl (C=O) groups excluding carboxylic acids is 2. The summed E-state index contributed by atoms with van der Waals surface area (Å²) in [5, 5.41) is 0. The number of rotatable bonds is 8. The highest BCUT2D eigenvalue weighted by Gasteiger charge is 2.45. The number of fused-ring (bicyclic) bond motifs is 3. The molecule has 4 heteroatoms. The van der Waals surface area contributed by atoms with Gasteiger partial charge in [-0.1, -0.05) is 61.7 Å². The van der Waals surface area contributed by atoms with E-state index in [1.54, 1.807) is 0 Å². The van der Waals surface area contributed by atoms with E-state index in [4.69, 9.17) is 9.47 Å². The van der Waals surface area contributed by atoms with Crippen LogP contribution in [0.25, 0.3) is 11.1 Å². The molecule has 4 nitrogen and oxygen atoms in total. The van der Waals surface area contributed by atoms with Crippen LogP contribution in [0.2, 0.25) is 0 Å². The fourth-order valence-electron chi connectivity index (χ4n) is 4.50. The van der Waals surface area contributed by atoms with Gasteiger partial charge in [0.1, 0.15) is 12.2 Å². The summed E-state index contributed by atoms with van der Waals surface area (Å²) in [7, 11) is 0. The summed E-state index contributed by atoms with van der Waals surface area (Å²) >= 11 is 0. The predicted octanol–water partition coefficient (Wildman–Crippen LogP) is 4.97. The molecule has 0 saturated carbocycles.